The van der Waals surface area contributed by atoms with Crippen molar-refractivity contribution in [2.45, 2.75) is 25.5 Å². The lowest BCUT2D eigenvalue weighted by Gasteiger charge is -2.23. The Bertz CT molecular complexity index is 375. The Balaban J connectivity index is 1.45. The summed E-state index contributed by atoms with van der Waals surface area (Å²) in [6, 6.07) is 3.85. The van der Waals surface area contributed by atoms with Crippen molar-refractivity contribution < 1.29 is 18.7 Å². The van der Waals surface area contributed by atoms with E-state index < -0.39 is 0 Å². The molecule has 2 rings (SSSR count). The van der Waals surface area contributed by atoms with Crippen LogP contribution < -0.4 is 10.6 Å². The van der Waals surface area contributed by atoms with E-state index in [1.807, 2.05) is 12.1 Å². The van der Waals surface area contributed by atoms with E-state index in [4.69, 9.17) is 13.9 Å². The maximum absolute atomic E-state index is 11.7. The zero-order valence-electron chi connectivity index (χ0n) is 11.6. The van der Waals surface area contributed by atoms with E-state index in [-0.39, 0.29) is 11.9 Å². The third-order valence-electron chi connectivity index (χ3n) is 3.04. The standard InChI is InChI=1S/C14H22N2O4/c17-14(9-12-10-19-8-5-15-12)16-4-2-6-18-11-13-3-1-7-20-13/h1,3,7,12,15H,2,4-6,8-11H2,(H,16,17). The van der Waals surface area contributed by atoms with E-state index in [1.165, 1.54) is 0 Å². The quantitative estimate of drug-likeness (QED) is 0.686. The van der Waals surface area contributed by atoms with Crippen molar-refractivity contribution in [3.05, 3.63) is 24.2 Å². The molecule has 0 spiro atoms. The van der Waals surface area contributed by atoms with E-state index in [1.54, 1.807) is 6.26 Å². The van der Waals surface area contributed by atoms with Gasteiger partial charge in [0.05, 0.1) is 19.5 Å². The first kappa shape index (κ1) is 15.0. The van der Waals surface area contributed by atoms with Crippen molar-refractivity contribution in [3.8, 4) is 0 Å². The van der Waals surface area contributed by atoms with Crippen LogP contribution in [0.3, 0.4) is 0 Å². The number of furan rings is 1. The van der Waals surface area contributed by atoms with Crippen LogP contribution in [-0.2, 0) is 20.9 Å². The second-order valence-corrected chi connectivity index (χ2v) is 4.77. The molecule has 0 aliphatic carbocycles. The van der Waals surface area contributed by atoms with E-state index in [9.17, 15) is 4.79 Å². The van der Waals surface area contributed by atoms with Crippen molar-refractivity contribution in [3.63, 3.8) is 0 Å². The zero-order valence-corrected chi connectivity index (χ0v) is 11.6. The summed E-state index contributed by atoms with van der Waals surface area (Å²) < 4.78 is 15.9. The summed E-state index contributed by atoms with van der Waals surface area (Å²) in [4.78, 5) is 11.7. The second kappa shape index (κ2) is 8.73. The number of hydrogen-bond acceptors (Lipinski definition) is 5. The van der Waals surface area contributed by atoms with Crippen LogP contribution in [0.5, 0.6) is 0 Å². The van der Waals surface area contributed by atoms with Crippen LogP contribution in [0.1, 0.15) is 18.6 Å². The van der Waals surface area contributed by atoms with Gasteiger partial charge in [0.1, 0.15) is 12.4 Å². The SMILES string of the molecule is O=C(CC1COCCN1)NCCCOCc1ccco1. The smallest absolute Gasteiger partial charge is 0.221 e. The van der Waals surface area contributed by atoms with Gasteiger partial charge in [-0.3, -0.25) is 4.79 Å². The first-order valence-electron chi connectivity index (χ1n) is 7.02. The molecule has 0 aromatic carbocycles. The number of amides is 1. The summed E-state index contributed by atoms with van der Waals surface area (Å²) in [7, 11) is 0. The zero-order chi connectivity index (χ0) is 14.0. The lowest BCUT2D eigenvalue weighted by Crippen LogP contribution is -2.44. The molecule has 1 fully saturated rings. The highest BCUT2D eigenvalue weighted by Gasteiger charge is 2.16. The van der Waals surface area contributed by atoms with Gasteiger partial charge in [-0.15, -0.1) is 0 Å². The average Bonchev–Trinajstić information content (AvgIpc) is 2.97. The first-order valence-corrected chi connectivity index (χ1v) is 7.02. The molecule has 112 valence electrons. The molecule has 1 aromatic heterocycles. The van der Waals surface area contributed by atoms with Crippen molar-refractivity contribution in [1.29, 1.82) is 0 Å². The number of ether oxygens (including phenoxy) is 2. The van der Waals surface area contributed by atoms with Crippen LogP contribution in [0.2, 0.25) is 0 Å². The monoisotopic (exact) mass is 282 g/mol. The van der Waals surface area contributed by atoms with Gasteiger partial charge in [0.25, 0.3) is 0 Å². The Kier molecular flexibility index (Phi) is 6.56. The number of morpholine rings is 1. The molecule has 6 nitrogen and oxygen atoms in total. The van der Waals surface area contributed by atoms with Gasteiger partial charge in [-0.05, 0) is 18.6 Å². The largest absolute Gasteiger partial charge is 0.467 e. The lowest BCUT2D eigenvalue weighted by molar-refractivity contribution is -0.122. The Morgan fingerprint density at radius 3 is 3.25 bits per heavy atom. The predicted molar refractivity (Wildman–Crippen MR) is 73.2 cm³/mol. The molecule has 6 heteroatoms. The highest BCUT2D eigenvalue weighted by Crippen LogP contribution is 2.02. The third kappa shape index (κ3) is 5.73. The lowest BCUT2D eigenvalue weighted by atomic mass is 10.2. The first-order chi connectivity index (χ1) is 9.84. The Morgan fingerprint density at radius 1 is 1.55 bits per heavy atom. The van der Waals surface area contributed by atoms with Gasteiger partial charge >= 0.3 is 0 Å². The summed E-state index contributed by atoms with van der Waals surface area (Å²) in [5, 5.41) is 6.14. The van der Waals surface area contributed by atoms with Crippen LogP contribution >= 0.6 is 0 Å². The highest BCUT2D eigenvalue weighted by atomic mass is 16.5. The summed E-state index contributed by atoms with van der Waals surface area (Å²) in [5.41, 5.74) is 0. The number of carbonyl (C=O) groups is 1. The molecule has 1 aromatic rings. The average molecular weight is 282 g/mol. The molecule has 1 unspecified atom stereocenters. The number of nitrogens with one attached hydrogen (secondary N) is 2. The molecule has 2 N–H and O–H groups in total. The van der Waals surface area contributed by atoms with Crippen molar-refractivity contribution >= 4 is 5.91 Å². The van der Waals surface area contributed by atoms with Gasteiger partial charge < -0.3 is 24.5 Å². The highest BCUT2D eigenvalue weighted by molar-refractivity contribution is 5.76. The summed E-state index contributed by atoms with van der Waals surface area (Å²) in [6.45, 7) is 3.87. The van der Waals surface area contributed by atoms with Crippen molar-refractivity contribution in [2.24, 2.45) is 0 Å². The van der Waals surface area contributed by atoms with Crippen molar-refractivity contribution in [1.82, 2.24) is 10.6 Å². The van der Waals surface area contributed by atoms with Crippen LogP contribution in [0.4, 0.5) is 0 Å². The third-order valence-corrected chi connectivity index (χ3v) is 3.04. The fraction of sp³-hybridized carbons (Fsp3) is 0.643. The molecule has 1 aliphatic heterocycles. The Morgan fingerprint density at radius 2 is 2.50 bits per heavy atom. The molecule has 0 bridgehead atoms. The molecule has 1 saturated heterocycles. The Labute approximate surface area is 118 Å². The fourth-order valence-electron chi connectivity index (χ4n) is 2.02. The minimum absolute atomic E-state index is 0.0547. The van der Waals surface area contributed by atoms with Crippen LogP contribution in [0, 0.1) is 0 Å². The molecular formula is C14H22N2O4. The van der Waals surface area contributed by atoms with E-state index in [0.29, 0.717) is 32.8 Å². The van der Waals surface area contributed by atoms with Crippen LogP contribution in [-0.4, -0.2) is 44.9 Å². The van der Waals surface area contributed by atoms with Gasteiger partial charge in [0.2, 0.25) is 5.91 Å². The second-order valence-electron chi connectivity index (χ2n) is 4.77. The molecule has 1 amide bonds. The normalized spacial score (nSPS) is 18.9. The molecule has 1 atom stereocenters. The minimum Gasteiger partial charge on any atom is -0.467 e. The predicted octanol–water partition coefficient (Wildman–Crippen LogP) is 0.681. The molecule has 0 radical (unpaired) electrons. The number of hydrogen-bond donors (Lipinski definition) is 2. The van der Waals surface area contributed by atoms with Crippen LogP contribution in [0.15, 0.2) is 22.8 Å². The summed E-state index contributed by atoms with van der Waals surface area (Å²) in [6.07, 6.45) is 2.89. The number of rotatable bonds is 8. The molecular weight excluding hydrogens is 260 g/mol. The minimum atomic E-state index is 0.0547. The molecule has 20 heavy (non-hydrogen) atoms. The summed E-state index contributed by atoms with van der Waals surface area (Å²) >= 11 is 0. The van der Waals surface area contributed by atoms with Crippen molar-refractivity contribution in [2.75, 3.05) is 32.9 Å². The van der Waals surface area contributed by atoms with Gasteiger partial charge in [-0.1, -0.05) is 0 Å². The maximum Gasteiger partial charge on any atom is 0.221 e. The number of carbonyl (C=O) groups excluding carboxylic acids is 1. The Hall–Kier alpha value is -1.37. The van der Waals surface area contributed by atoms with Gasteiger partial charge in [-0.2, -0.15) is 0 Å². The molecule has 2 heterocycles. The molecule has 1 aliphatic rings. The fourth-order valence-corrected chi connectivity index (χ4v) is 2.02. The van der Waals surface area contributed by atoms with E-state index in [2.05, 4.69) is 10.6 Å². The van der Waals surface area contributed by atoms with Gasteiger partial charge in [0, 0.05) is 32.2 Å². The molecule has 0 saturated carbocycles. The summed E-state index contributed by atoms with van der Waals surface area (Å²) in [5.74, 6) is 0.872. The van der Waals surface area contributed by atoms with Gasteiger partial charge in [-0.25, -0.2) is 0 Å². The van der Waals surface area contributed by atoms with E-state index in [0.717, 1.165) is 25.3 Å². The topological polar surface area (TPSA) is 72.7 Å². The maximum atomic E-state index is 11.7. The van der Waals surface area contributed by atoms with Gasteiger partial charge in [0.15, 0.2) is 0 Å². The van der Waals surface area contributed by atoms with Crippen LogP contribution in [0.25, 0.3) is 0 Å². The van der Waals surface area contributed by atoms with E-state index >= 15 is 0 Å².